The van der Waals surface area contributed by atoms with Crippen LogP contribution in [0.2, 0.25) is 0 Å². The van der Waals surface area contributed by atoms with Gasteiger partial charge in [0.15, 0.2) is 0 Å². The van der Waals surface area contributed by atoms with Crippen molar-refractivity contribution in [2.45, 2.75) is 25.5 Å². The largest absolute Gasteiger partial charge is 0.394 e. The van der Waals surface area contributed by atoms with E-state index in [2.05, 4.69) is 15.5 Å². The molecule has 1 fully saturated rings. The van der Waals surface area contributed by atoms with Crippen LogP contribution < -0.4 is 0 Å². The van der Waals surface area contributed by atoms with Gasteiger partial charge in [-0.3, -0.25) is 0 Å². The quantitative estimate of drug-likeness (QED) is 0.706. The Bertz CT molecular complexity index is 256. The molecule has 0 aliphatic carbocycles. The molecule has 0 unspecified atom stereocenters. The van der Waals surface area contributed by atoms with Crippen LogP contribution in [0.1, 0.15) is 12.8 Å². The van der Waals surface area contributed by atoms with Gasteiger partial charge in [0, 0.05) is 12.5 Å². The third kappa shape index (κ3) is 2.27. The van der Waals surface area contributed by atoms with Crippen molar-refractivity contribution in [1.82, 2.24) is 20.2 Å². The number of hydrogen-bond acceptors (Lipinski definition) is 5. The Labute approximate surface area is 81.9 Å². The lowest BCUT2D eigenvalue weighted by atomic mass is 9.99. The van der Waals surface area contributed by atoms with Crippen LogP contribution in [0.5, 0.6) is 0 Å². The van der Waals surface area contributed by atoms with Gasteiger partial charge in [-0.05, 0) is 23.3 Å². The fourth-order valence-corrected chi connectivity index (χ4v) is 1.68. The summed E-state index contributed by atoms with van der Waals surface area (Å²) in [5, 5.41) is 19.8. The molecule has 6 nitrogen and oxygen atoms in total. The van der Waals surface area contributed by atoms with Gasteiger partial charge in [-0.15, -0.1) is 5.10 Å². The first-order valence-electron chi connectivity index (χ1n) is 4.81. The number of tetrazole rings is 1. The SMILES string of the molecule is OC[C@H]1CC[C@H](Cn2cnnn2)CO1. The molecule has 6 heteroatoms. The van der Waals surface area contributed by atoms with E-state index < -0.39 is 0 Å². The molecule has 2 heterocycles. The molecule has 0 spiro atoms. The minimum Gasteiger partial charge on any atom is -0.394 e. The van der Waals surface area contributed by atoms with E-state index >= 15 is 0 Å². The van der Waals surface area contributed by atoms with Gasteiger partial charge >= 0.3 is 0 Å². The summed E-state index contributed by atoms with van der Waals surface area (Å²) in [5.41, 5.74) is 0. The fourth-order valence-electron chi connectivity index (χ4n) is 1.68. The Morgan fingerprint density at radius 2 is 2.43 bits per heavy atom. The van der Waals surface area contributed by atoms with E-state index in [0.717, 1.165) is 19.4 Å². The van der Waals surface area contributed by atoms with Gasteiger partial charge < -0.3 is 9.84 Å². The molecule has 0 bridgehead atoms. The van der Waals surface area contributed by atoms with Gasteiger partial charge in [-0.2, -0.15) is 0 Å². The summed E-state index contributed by atoms with van der Waals surface area (Å²) in [7, 11) is 0. The molecule has 1 aromatic rings. The third-order valence-electron chi connectivity index (χ3n) is 2.50. The Kier molecular flexibility index (Phi) is 3.05. The summed E-state index contributed by atoms with van der Waals surface area (Å²) in [6, 6.07) is 0. The smallest absolute Gasteiger partial charge is 0.138 e. The molecule has 0 aromatic carbocycles. The van der Waals surface area contributed by atoms with Crippen molar-refractivity contribution in [3.05, 3.63) is 6.33 Å². The molecule has 2 atom stereocenters. The summed E-state index contributed by atoms with van der Waals surface area (Å²) < 4.78 is 7.17. The van der Waals surface area contributed by atoms with E-state index in [-0.39, 0.29) is 12.7 Å². The Hall–Kier alpha value is -1.01. The fraction of sp³-hybridized carbons (Fsp3) is 0.875. The number of aromatic nitrogens is 4. The second-order valence-corrected chi connectivity index (χ2v) is 3.61. The standard InChI is InChI=1S/C8H14N4O2/c13-4-8-2-1-7(5-14-8)3-12-6-9-10-11-12/h6-8,13H,1-5H2/t7-,8-/m1/s1. The maximum Gasteiger partial charge on any atom is 0.138 e. The highest BCUT2D eigenvalue weighted by atomic mass is 16.5. The molecule has 0 amide bonds. The molecule has 0 radical (unpaired) electrons. The first kappa shape index (κ1) is 9.54. The molecule has 1 aliphatic rings. The molecule has 1 aromatic heterocycles. The van der Waals surface area contributed by atoms with Crippen molar-refractivity contribution in [2.24, 2.45) is 5.92 Å². The van der Waals surface area contributed by atoms with Crippen LogP contribution in [0.4, 0.5) is 0 Å². The van der Waals surface area contributed by atoms with Crippen LogP contribution in [0.3, 0.4) is 0 Å². The number of rotatable bonds is 3. The molecule has 1 N–H and O–H groups in total. The minimum atomic E-state index is 0.0279. The molecule has 1 saturated heterocycles. The molecule has 1 aliphatic heterocycles. The van der Waals surface area contributed by atoms with Crippen LogP contribution in [0.15, 0.2) is 6.33 Å². The summed E-state index contributed by atoms with van der Waals surface area (Å²) in [6.07, 6.45) is 3.62. The monoisotopic (exact) mass is 198 g/mol. The van der Waals surface area contributed by atoms with Gasteiger partial charge in [0.05, 0.1) is 19.3 Å². The second-order valence-electron chi connectivity index (χ2n) is 3.61. The van der Waals surface area contributed by atoms with Crippen LogP contribution in [-0.2, 0) is 11.3 Å². The molecular weight excluding hydrogens is 184 g/mol. The van der Waals surface area contributed by atoms with Gasteiger partial charge in [0.2, 0.25) is 0 Å². The van der Waals surface area contributed by atoms with E-state index in [1.54, 1.807) is 11.0 Å². The van der Waals surface area contributed by atoms with Crippen LogP contribution in [0, 0.1) is 5.92 Å². The predicted octanol–water partition coefficient (Wildman–Crippen LogP) is -0.539. The zero-order valence-corrected chi connectivity index (χ0v) is 7.91. The number of ether oxygens (including phenoxy) is 1. The third-order valence-corrected chi connectivity index (χ3v) is 2.50. The van der Waals surface area contributed by atoms with E-state index in [9.17, 15) is 0 Å². The van der Waals surface area contributed by atoms with Crippen molar-refractivity contribution >= 4 is 0 Å². The van der Waals surface area contributed by atoms with E-state index in [4.69, 9.17) is 9.84 Å². The summed E-state index contributed by atoms with van der Waals surface area (Å²) in [6.45, 7) is 1.60. The molecule has 78 valence electrons. The van der Waals surface area contributed by atoms with Crippen molar-refractivity contribution in [3.63, 3.8) is 0 Å². The zero-order chi connectivity index (χ0) is 9.80. The number of aliphatic hydroxyl groups excluding tert-OH is 1. The molecule has 0 saturated carbocycles. The van der Waals surface area contributed by atoms with Crippen LogP contribution in [-0.4, -0.2) is 44.6 Å². The van der Waals surface area contributed by atoms with Gasteiger partial charge in [0.25, 0.3) is 0 Å². The first-order valence-corrected chi connectivity index (χ1v) is 4.81. The highest BCUT2D eigenvalue weighted by Gasteiger charge is 2.21. The van der Waals surface area contributed by atoms with Crippen molar-refractivity contribution < 1.29 is 9.84 Å². The van der Waals surface area contributed by atoms with E-state index in [1.165, 1.54) is 0 Å². The van der Waals surface area contributed by atoms with Crippen molar-refractivity contribution in [1.29, 1.82) is 0 Å². The van der Waals surface area contributed by atoms with E-state index in [0.29, 0.717) is 12.5 Å². The van der Waals surface area contributed by atoms with Gasteiger partial charge in [-0.1, -0.05) is 0 Å². The van der Waals surface area contributed by atoms with Gasteiger partial charge in [-0.25, -0.2) is 4.68 Å². The average molecular weight is 198 g/mol. The Morgan fingerprint density at radius 3 is 3.00 bits per heavy atom. The maximum atomic E-state index is 8.87. The lowest BCUT2D eigenvalue weighted by Crippen LogP contribution is -2.30. The summed E-state index contributed by atoms with van der Waals surface area (Å²) in [5.74, 6) is 0.460. The second kappa shape index (κ2) is 4.47. The number of nitrogens with zero attached hydrogens (tertiary/aromatic N) is 4. The number of hydrogen-bond donors (Lipinski definition) is 1. The van der Waals surface area contributed by atoms with Gasteiger partial charge in [0.1, 0.15) is 6.33 Å². The van der Waals surface area contributed by atoms with Crippen LogP contribution >= 0.6 is 0 Å². The zero-order valence-electron chi connectivity index (χ0n) is 7.91. The van der Waals surface area contributed by atoms with E-state index in [1.807, 2.05) is 0 Å². The predicted molar refractivity (Wildman–Crippen MR) is 47.4 cm³/mol. The average Bonchev–Trinajstić information content (AvgIpc) is 2.72. The maximum absolute atomic E-state index is 8.87. The summed E-state index contributed by atoms with van der Waals surface area (Å²) >= 11 is 0. The molecular formula is C8H14N4O2. The highest BCUT2D eigenvalue weighted by molar-refractivity contribution is 4.69. The Balaban J connectivity index is 1.79. The first-order chi connectivity index (χ1) is 6.88. The normalized spacial score (nSPS) is 27.8. The highest BCUT2D eigenvalue weighted by Crippen LogP contribution is 2.19. The lowest BCUT2D eigenvalue weighted by molar-refractivity contribution is -0.0464. The van der Waals surface area contributed by atoms with Crippen molar-refractivity contribution in [2.75, 3.05) is 13.2 Å². The minimum absolute atomic E-state index is 0.0279. The lowest BCUT2D eigenvalue weighted by Gasteiger charge is -2.27. The molecule has 14 heavy (non-hydrogen) atoms. The van der Waals surface area contributed by atoms with Crippen LogP contribution in [0.25, 0.3) is 0 Å². The summed E-state index contributed by atoms with van der Waals surface area (Å²) in [4.78, 5) is 0. The molecule has 2 rings (SSSR count). The topological polar surface area (TPSA) is 73.1 Å². The van der Waals surface area contributed by atoms with Crippen molar-refractivity contribution in [3.8, 4) is 0 Å². The number of aliphatic hydroxyl groups is 1. The Morgan fingerprint density at radius 1 is 1.50 bits per heavy atom.